The van der Waals surface area contributed by atoms with Gasteiger partial charge in [-0.1, -0.05) is 30.7 Å². The molecule has 0 spiro atoms. The Morgan fingerprint density at radius 3 is 2.29 bits per heavy atom. The van der Waals surface area contributed by atoms with Crippen molar-refractivity contribution in [1.82, 2.24) is 14.8 Å². The van der Waals surface area contributed by atoms with Gasteiger partial charge in [-0.25, -0.2) is 9.18 Å². The minimum Gasteiger partial charge on any atom is -0.468 e. The summed E-state index contributed by atoms with van der Waals surface area (Å²) in [7, 11) is 2.71. The number of hydrogen-bond acceptors (Lipinski definition) is 6. The maximum Gasteiger partial charge on any atom is 0.417 e. The number of hydrogen-bond donors (Lipinski definition) is 1. The van der Waals surface area contributed by atoms with Crippen molar-refractivity contribution in [2.75, 3.05) is 26.7 Å². The number of nitrogens with zero attached hydrogens (tertiary/aromatic N) is 2. The Bertz CT molecular complexity index is 1570. The van der Waals surface area contributed by atoms with E-state index in [-0.39, 0.29) is 23.0 Å². The summed E-state index contributed by atoms with van der Waals surface area (Å²) in [5.41, 5.74) is -1.29. The van der Waals surface area contributed by atoms with Crippen molar-refractivity contribution >= 4 is 23.0 Å². The molecule has 1 aliphatic heterocycles. The first-order valence-corrected chi connectivity index (χ1v) is 14.7. The number of rotatable bonds is 6. The fourth-order valence-corrected chi connectivity index (χ4v) is 5.18. The van der Waals surface area contributed by atoms with E-state index in [9.17, 15) is 31.9 Å². The van der Waals surface area contributed by atoms with Crippen molar-refractivity contribution in [3.63, 3.8) is 0 Å². The topological polar surface area (TPSA) is 89.9 Å². The number of methoxy groups -OCH3 is 1. The van der Waals surface area contributed by atoms with Crippen LogP contribution in [0.1, 0.15) is 67.9 Å². The quantitative estimate of drug-likeness (QED) is 0.254. The third kappa shape index (κ3) is 9.78. The van der Waals surface area contributed by atoms with Gasteiger partial charge in [0.15, 0.2) is 0 Å². The van der Waals surface area contributed by atoms with Crippen LogP contribution in [0.4, 0.5) is 22.4 Å². The van der Waals surface area contributed by atoms with Gasteiger partial charge < -0.3 is 19.4 Å². The number of alkyl halides is 3. The van der Waals surface area contributed by atoms with Crippen LogP contribution in [-0.2, 0) is 40.5 Å². The van der Waals surface area contributed by atoms with Crippen LogP contribution in [0, 0.1) is 12.7 Å². The summed E-state index contributed by atoms with van der Waals surface area (Å²) in [6, 6.07) is 9.48. The summed E-state index contributed by atoms with van der Waals surface area (Å²) in [5.74, 6) is -1.09. The van der Waals surface area contributed by atoms with E-state index in [1.165, 1.54) is 31.2 Å². The zero-order chi connectivity index (χ0) is 33.5. The minimum absolute atomic E-state index is 0.0165. The molecule has 0 saturated carbocycles. The van der Waals surface area contributed by atoms with Gasteiger partial charge in [0.05, 0.1) is 18.2 Å². The summed E-state index contributed by atoms with van der Waals surface area (Å²) >= 11 is 0. The molecule has 0 bridgehead atoms. The van der Waals surface area contributed by atoms with Crippen molar-refractivity contribution in [1.29, 1.82) is 0 Å². The number of halogens is 4. The molecule has 3 aromatic rings. The highest BCUT2D eigenvalue weighted by Gasteiger charge is 2.38. The monoisotopic (exact) mass is 635 g/mol. The summed E-state index contributed by atoms with van der Waals surface area (Å²) in [4.78, 5) is 36.8. The Morgan fingerprint density at radius 2 is 1.69 bits per heavy atom. The third-order valence-corrected chi connectivity index (χ3v) is 7.34. The van der Waals surface area contributed by atoms with E-state index in [2.05, 4.69) is 15.0 Å². The summed E-state index contributed by atoms with van der Waals surface area (Å²) in [6.07, 6.45) is -2.44. The van der Waals surface area contributed by atoms with E-state index in [0.717, 1.165) is 31.5 Å². The SMILES string of the molecule is COC(=O)CNC(=O)OC(C)(C)C.Cc1cccc(Cc2c(C(F)(F)F)c3cc(CN4CCCCC4)ccc3n(C)c2=O)c1F. The molecule has 8 nitrogen and oxygen atoms in total. The van der Waals surface area contributed by atoms with Gasteiger partial charge >= 0.3 is 18.2 Å². The van der Waals surface area contributed by atoms with Crippen LogP contribution in [0.25, 0.3) is 10.9 Å². The lowest BCUT2D eigenvalue weighted by molar-refractivity contribution is -0.139. The Kier molecular flexibility index (Phi) is 11.8. The number of esters is 1. The number of carbonyl (C=O) groups is 2. The van der Waals surface area contributed by atoms with E-state index in [1.54, 1.807) is 58.0 Å². The van der Waals surface area contributed by atoms with Crippen LogP contribution in [0.3, 0.4) is 0 Å². The molecule has 1 amide bonds. The molecule has 0 aliphatic carbocycles. The average Bonchev–Trinajstić information content (AvgIpc) is 2.96. The highest BCUT2D eigenvalue weighted by Crippen LogP contribution is 2.37. The van der Waals surface area contributed by atoms with Crippen LogP contribution in [0.2, 0.25) is 0 Å². The number of aryl methyl sites for hydroxylation is 2. The molecule has 1 aliphatic rings. The predicted octanol–water partition coefficient (Wildman–Crippen LogP) is 6.27. The van der Waals surface area contributed by atoms with Crippen LogP contribution in [0.5, 0.6) is 0 Å². The standard InChI is InChI=1S/C25H26F4N2O.C8H15NO4/c1-16-7-6-8-18(23(16)26)14-20-22(25(27,28)29)19-13-17(15-31-11-4-3-5-12-31)9-10-21(19)30(2)24(20)32;1-8(2,3)13-7(11)9-5-6(10)12-4/h6-10,13H,3-5,11-12,14-15H2,1-2H3;5H2,1-4H3,(H,9,11). The largest absolute Gasteiger partial charge is 0.468 e. The predicted molar refractivity (Wildman–Crippen MR) is 164 cm³/mol. The second-order valence-electron chi connectivity index (χ2n) is 12.1. The summed E-state index contributed by atoms with van der Waals surface area (Å²) in [6.45, 7) is 9.02. The molecule has 1 N–H and O–H groups in total. The fourth-order valence-electron chi connectivity index (χ4n) is 5.18. The number of carbonyl (C=O) groups excluding carboxylic acids is 2. The molecule has 0 radical (unpaired) electrons. The lowest BCUT2D eigenvalue weighted by Gasteiger charge is -2.26. The van der Waals surface area contributed by atoms with Gasteiger partial charge in [-0.3, -0.25) is 14.5 Å². The average molecular weight is 636 g/mol. The smallest absolute Gasteiger partial charge is 0.417 e. The fraction of sp³-hybridized carbons (Fsp3) is 0.485. The molecule has 1 fully saturated rings. The number of ether oxygens (including phenoxy) is 2. The normalized spacial score (nSPS) is 14.0. The first kappa shape index (κ1) is 35.5. The molecule has 2 heterocycles. The van der Waals surface area contributed by atoms with Crippen LogP contribution < -0.4 is 10.9 Å². The Hall–Kier alpha value is -3.93. The van der Waals surface area contributed by atoms with Gasteiger partial charge in [-0.05, 0) is 82.4 Å². The number of piperidine rings is 1. The summed E-state index contributed by atoms with van der Waals surface area (Å²) < 4.78 is 68.0. The second-order valence-corrected chi connectivity index (χ2v) is 12.1. The molecule has 2 aromatic carbocycles. The van der Waals surface area contributed by atoms with Crippen molar-refractivity contribution < 1.29 is 36.6 Å². The molecule has 246 valence electrons. The molecule has 45 heavy (non-hydrogen) atoms. The lowest BCUT2D eigenvalue weighted by atomic mass is 9.95. The van der Waals surface area contributed by atoms with Gasteiger partial charge in [0.2, 0.25) is 0 Å². The number of benzene rings is 2. The van der Waals surface area contributed by atoms with Crippen LogP contribution in [-0.4, -0.2) is 53.9 Å². The van der Waals surface area contributed by atoms with Gasteiger partial charge in [0.25, 0.3) is 5.56 Å². The van der Waals surface area contributed by atoms with Crippen molar-refractivity contribution in [2.45, 2.75) is 71.7 Å². The Labute approximate surface area is 260 Å². The lowest BCUT2D eigenvalue weighted by Crippen LogP contribution is -2.35. The zero-order valence-corrected chi connectivity index (χ0v) is 26.6. The van der Waals surface area contributed by atoms with E-state index in [4.69, 9.17) is 4.74 Å². The van der Waals surface area contributed by atoms with Gasteiger partial charge in [-0.15, -0.1) is 0 Å². The van der Waals surface area contributed by atoms with Gasteiger partial charge in [0.1, 0.15) is 18.0 Å². The van der Waals surface area contributed by atoms with E-state index in [1.807, 2.05) is 0 Å². The number of aromatic nitrogens is 1. The first-order chi connectivity index (χ1) is 21.0. The highest BCUT2D eigenvalue weighted by molar-refractivity contribution is 5.85. The number of amides is 1. The molecule has 0 unspecified atom stereocenters. The number of likely N-dealkylation sites (tertiary alicyclic amines) is 1. The number of fused-ring (bicyclic) bond motifs is 1. The minimum atomic E-state index is -4.74. The number of nitrogens with one attached hydrogen (secondary N) is 1. The van der Waals surface area contributed by atoms with Gasteiger partial charge in [-0.2, -0.15) is 13.2 Å². The zero-order valence-electron chi connectivity index (χ0n) is 26.6. The summed E-state index contributed by atoms with van der Waals surface area (Å²) in [5, 5.41) is 2.24. The highest BCUT2D eigenvalue weighted by atomic mass is 19.4. The maximum atomic E-state index is 14.6. The van der Waals surface area contributed by atoms with E-state index in [0.29, 0.717) is 12.1 Å². The van der Waals surface area contributed by atoms with Gasteiger partial charge in [0, 0.05) is 31.0 Å². The van der Waals surface area contributed by atoms with Crippen molar-refractivity contribution in [3.8, 4) is 0 Å². The third-order valence-electron chi connectivity index (χ3n) is 7.34. The van der Waals surface area contributed by atoms with E-state index >= 15 is 0 Å². The molecule has 4 rings (SSSR count). The molecule has 12 heteroatoms. The van der Waals surface area contributed by atoms with E-state index < -0.39 is 52.8 Å². The molecule has 0 atom stereocenters. The van der Waals surface area contributed by atoms with Crippen LogP contribution in [0.15, 0.2) is 41.2 Å². The molecular weight excluding hydrogens is 594 g/mol. The number of pyridine rings is 1. The molecular formula is C33H41F4N3O5. The van der Waals surface area contributed by atoms with Crippen molar-refractivity contribution in [3.05, 3.63) is 80.4 Å². The second kappa shape index (κ2) is 14.9. The number of alkyl carbamates (subject to hydrolysis) is 1. The van der Waals surface area contributed by atoms with Crippen LogP contribution >= 0.6 is 0 Å². The van der Waals surface area contributed by atoms with Crippen molar-refractivity contribution in [2.24, 2.45) is 7.05 Å². The Balaban J connectivity index is 0.000000360. The Morgan fingerprint density at radius 1 is 1.02 bits per heavy atom. The molecule has 1 saturated heterocycles. The molecule has 1 aromatic heterocycles. The first-order valence-electron chi connectivity index (χ1n) is 14.7. The maximum absolute atomic E-state index is 14.6.